The van der Waals surface area contributed by atoms with Gasteiger partial charge in [0.25, 0.3) is 0 Å². The summed E-state index contributed by atoms with van der Waals surface area (Å²) in [6, 6.07) is 6.11. The molecule has 1 heterocycles. The average Bonchev–Trinajstić information content (AvgIpc) is 2.46. The van der Waals surface area contributed by atoms with Crippen LogP contribution in [0.2, 0.25) is 0 Å². The Balaban J connectivity index is 1.99. The molecule has 1 aliphatic carbocycles. The minimum atomic E-state index is -4.34. The van der Waals surface area contributed by atoms with Crippen LogP contribution in [0.15, 0.2) is 24.3 Å². The number of alkyl halides is 3. The molecule has 0 saturated heterocycles. The number of anilines is 1. The van der Waals surface area contributed by atoms with Gasteiger partial charge in [-0.3, -0.25) is 4.98 Å². The lowest BCUT2D eigenvalue weighted by molar-refractivity contribution is -0.137. The summed E-state index contributed by atoms with van der Waals surface area (Å²) in [6.07, 6.45) is 1.57. The van der Waals surface area contributed by atoms with Gasteiger partial charge in [-0.25, -0.2) is 0 Å². The maximum Gasteiger partial charge on any atom is 0.416 e. The maximum absolute atomic E-state index is 12.8. The lowest BCUT2D eigenvalue weighted by atomic mass is 9.95. The number of benzene rings is 1. The molecule has 0 atom stereocenters. The van der Waals surface area contributed by atoms with Crippen LogP contribution in [0.25, 0.3) is 10.9 Å². The molecule has 118 valence electrons. The van der Waals surface area contributed by atoms with Crippen molar-refractivity contribution in [2.45, 2.75) is 51.2 Å². The third kappa shape index (κ3) is 3.18. The van der Waals surface area contributed by atoms with Crippen molar-refractivity contribution in [2.75, 3.05) is 5.32 Å². The molecule has 1 aliphatic rings. The number of fused-ring (bicyclic) bond motifs is 1. The minimum Gasteiger partial charge on any atom is -0.382 e. The van der Waals surface area contributed by atoms with Gasteiger partial charge in [0, 0.05) is 22.8 Å². The van der Waals surface area contributed by atoms with Crippen LogP contribution in [-0.2, 0) is 6.18 Å². The van der Waals surface area contributed by atoms with Crippen LogP contribution < -0.4 is 5.32 Å². The second kappa shape index (κ2) is 5.78. The molecule has 1 fully saturated rings. The lowest BCUT2D eigenvalue weighted by Crippen LogP contribution is -2.22. The van der Waals surface area contributed by atoms with Gasteiger partial charge in [-0.05, 0) is 38.0 Å². The summed E-state index contributed by atoms with van der Waals surface area (Å²) in [5.74, 6) is 0. The molecule has 0 bridgehead atoms. The van der Waals surface area contributed by atoms with E-state index in [0.29, 0.717) is 11.6 Å². The molecule has 1 saturated carbocycles. The van der Waals surface area contributed by atoms with E-state index in [2.05, 4.69) is 10.3 Å². The third-order valence-corrected chi connectivity index (χ3v) is 4.23. The highest BCUT2D eigenvalue weighted by Gasteiger charge is 2.30. The summed E-state index contributed by atoms with van der Waals surface area (Å²) in [5, 5.41) is 4.26. The molecule has 0 radical (unpaired) electrons. The van der Waals surface area contributed by atoms with E-state index in [-0.39, 0.29) is 0 Å². The van der Waals surface area contributed by atoms with Crippen LogP contribution in [0.1, 0.15) is 43.4 Å². The van der Waals surface area contributed by atoms with E-state index in [1.54, 1.807) is 0 Å². The second-order valence-electron chi connectivity index (χ2n) is 6.02. The van der Waals surface area contributed by atoms with Crippen LogP contribution in [0.3, 0.4) is 0 Å². The Morgan fingerprint density at radius 1 is 1.09 bits per heavy atom. The number of pyridine rings is 1. The fourth-order valence-electron chi connectivity index (χ4n) is 3.12. The van der Waals surface area contributed by atoms with Gasteiger partial charge >= 0.3 is 6.18 Å². The highest BCUT2D eigenvalue weighted by molar-refractivity contribution is 5.92. The monoisotopic (exact) mass is 308 g/mol. The zero-order valence-electron chi connectivity index (χ0n) is 12.5. The topological polar surface area (TPSA) is 24.9 Å². The van der Waals surface area contributed by atoms with Crippen LogP contribution in [0.5, 0.6) is 0 Å². The molecule has 2 nitrogen and oxygen atoms in total. The molecule has 2 aromatic rings. The van der Waals surface area contributed by atoms with Crippen molar-refractivity contribution in [1.82, 2.24) is 4.98 Å². The highest BCUT2D eigenvalue weighted by atomic mass is 19.4. The largest absolute Gasteiger partial charge is 0.416 e. The Kier molecular flexibility index (Phi) is 3.98. The van der Waals surface area contributed by atoms with Crippen molar-refractivity contribution in [1.29, 1.82) is 0 Å². The first-order chi connectivity index (χ1) is 10.4. The van der Waals surface area contributed by atoms with Gasteiger partial charge in [-0.1, -0.05) is 25.3 Å². The number of aryl methyl sites for hydroxylation is 1. The summed E-state index contributed by atoms with van der Waals surface area (Å²) in [7, 11) is 0. The van der Waals surface area contributed by atoms with Crippen molar-refractivity contribution in [2.24, 2.45) is 0 Å². The van der Waals surface area contributed by atoms with Crippen molar-refractivity contribution >= 4 is 16.6 Å². The Labute approximate surface area is 127 Å². The summed E-state index contributed by atoms with van der Waals surface area (Å²) >= 11 is 0. The zero-order valence-corrected chi connectivity index (χ0v) is 12.5. The Hall–Kier alpha value is -1.78. The SMILES string of the molecule is Cc1cc(NC2CCCCC2)c2ccc(C(F)(F)F)cc2n1. The molecule has 0 spiro atoms. The van der Waals surface area contributed by atoms with Crippen LogP contribution in [-0.4, -0.2) is 11.0 Å². The number of aromatic nitrogens is 1. The predicted molar refractivity (Wildman–Crippen MR) is 82.0 cm³/mol. The normalized spacial score (nSPS) is 16.9. The number of rotatable bonds is 2. The van der Waals surface area contributed by atoms with Gasteiger partial charge in [0.1, 0.15) is 0 Å². The van der Waals surface area contributed by atoms with E-state index in [4.69, 9.17) is 0 Å². The summed E-state index contributed by atoms with van der Waals surface area (Å²) in [6.45, 7) is 1.81. The van der Waals surface area contributed by atoms with E-state index < -0.39 is 11.7 Å². The van der Waals surface area contributed by atoms with Gasteiger partial charge in [0.15, 0.2) is 0 Å². The quantitative estimate of drug-likeness (QED) is 0.813. The van der Waals surface area contributed by atoms with Gasteiger partial charge in [0.2, 0.25) is 0 Å². The first-order valence-electron chi connectivity index (χ1n) is 7.68. The van der Waals surface area contributed by atoms with Crippen LogP contribution >= 0.6 is 0 Å². The van der Waals surface area contributed by atoms with Gasteiger partial charge < -0.3 is 5.32 Å². The minimum absolute atomic E-state index is 0.396. The average molecular weight is 308 g/mol. The first kappa shape index (κ1) is 15.1. The third-order valence-electron chi connectivity index (χ3n) is 4.23. The number of hydrogen-bond donors (Lipinski definition) is 1. The molecular weight excluding hydrogens is 289 g/mol. The number of hydrogen-bond acceptors (Lipinski definition) is 2. The molecule has 0 amide bonds. The standard InChI is InChI=1S/C17H19F3N2/c1-11-9-15(22-13-5-3-2-4-6-13)14-8-7-12(17(18,19)20)10-16(14)21-11/h7-10,13H,2-6H2,1H3,(H,21,22). The molecule has 5 heteroatoms. The number of halogens is 3. The van der Waals surface area contributed by atoms with E-state index in [1.165, 1.54) is 25.3 Å². The predicted octanol–water partition coefficient (Wildman–Crippen LogP) is 5.31. The van der Waals surface area contributed by atoms with Crippen molar-refractivity contribution in [3.63, 3.8) is 0 Å². The fraction of sp³-hybridized carbons (Fsp3) is 0.471. The van der Waals surface area contributed by atoms with E-state index in [0.717, 1.165) is 41.7 Å². The van der Waals surface area contributed by atoms with Gasteiger partial charge in [-0.15, -0.1) is 0 Å². The summed E-state index contributed by atoms with van der Waals surface area (Å²) in [4.78, 5) is 4.26. The van der Waals surface area contributed by atoms with Gasteiger partial charge in [0.05, 0.1) is 11.1 Å². The number of nitrogens with one attached hydrogen (secondary N) is 1. The van der Waals surface area contributed by atoms with Crippen LogP contribution in [0.4, 0.5) is 18.9 Å². The summed E-state index contributed by atoms with van der Waals surface area (Å²) < 4.78 is 38.5. The van der Waals surface area contributed by atoms with Crippen molar-refractivity contribution in [3.8, 4) is 0 Å². The fourth-order valence-corrected chi connectivity index (χ4v) is 3.12. The Bertz CT molecular complexity index is 673. The molecule has 1 N–H and O–H groups in total. The van der Waals surface area contributed by atoms with Crippen molar-refractivity contribution < 1.29 is 13.2 Å². The highest BCUT2D eigenvalue weighted by Crippen LogP contribution is 2.33. The Morgan fingerprint density at radius 3 is 2.50 bits per heavy atom. The molecule has 0 aliphatic heterocycles. The van der Waals surface area contributed by atoms with Gasteiger partial charge in [-0.2, -0.15) is 13.2 Å². The lowest BCUT2D eigenvalue weighted by Gasteiger charge is -2.25. The number of nitrogens with zero attached hydrogens (tertiary/aromatic N) is 1. The van der Waals surface area contributed by atoms with E-state index >= 15 is 0 Å². The van der Waals surface area contributed by atoms with E-state index in [9.17, 15) is 13.2 Å². The summed E-state index contributed by atoms with van der Waals surface area (Å²) in [5.41, 5.74) is 1.36. The first-order valence-corrected chi connectivity index (χ1v) is 7.68. The van der Waals surface area contributed by atoms with Crippen molar-refractivity contribution in [3.05, 3.63) is 35.5 Å². The smallest absolute Gasteiger partial charge is 0.382 e. The maximum atomic E-state index is 12.8. The zero-order chi connectivity index (χ0) is 15.7. The van der Waals surface area contributed by atoms with Crippen LogP contribution in [0, 0.1) is 6.92 Å². The second-order valence-corrected chi connectivity index (χ2v) is 6.02. The molecule has 0 unspecified atom stereocenters. The molecule has 3 rings (SSSR count). The van der Waals surface area contributed by atoms with E-state index in [1.807, 2.05) is 13.0 Å². The molecule has 1 aromatic heterocycles. The Morgan fingerprint density at radius 2 is 1.82 bits per heavy atom. The molecular formula is C17H19F3N2. The molecule has 22 heavy (non-hydrogen) atoms. The molecule has 1 aromatic carbocycles.